The highest BCUT2D eigenvalue weighted by Gasteiger charge is 1.95. The maximum absolute atomic E-state index is 5.10. The van der Waals surface area contributed by atoms with E-state index in [1.807, 2.05) is 60.8 Å². The van der Waals surface area contributed by atoms with Crippen LogP contribution >= 0.6 is 0 Å². The number of methoxy groups -OCH3 is 1. The lowest BCUT2D eigenvalue weighted by molar-refractivity contribution is -0.346. The van der Waals surface area contributed by atoms with Gasteiger partial charge in [0.25, 0.3) is 0 Å². The first-order valence-corrected chi connectivity index (χ1v) is 5.17. The lowest BCUT2D eigenvalue weighted by Crippen LogP contribution is -2.61. The van der Waals surface area contributed by atoms with Gasteiger partial charge in [0.1, 0.15) is 5.75 Å². The monoisotopic (exact) mass is 212 g/mol. The number of rotatable bonds is 3. The van der Waals surface area contributed by atoms with Crippen molar-refractivity contribution in [2.45, 2.75) is 0 Å². The number of hydrogen-bond acceptors (Lipinski definition) is 1. The molecule has 0 bridgehead atoms. The Balaban J connectivity index is 2.12. The molecule has 0 fully saturated rings. The molecule has 0 atom stereocenters. The second kappa shape index (κ2) is 5.12. The first-order chi connectivity index (χ1) is 7.88. The van der Waals surface area contributed by atoms with Crippen LogP contribution in [0.3, 0.4) is 0 Å². The predicted octanol–water partition coefficient (Wildman–Crippen LogP) is 1.53. The van der Waals surface area contributed by atoms with E-state index < -0.39 is 0 Å². The Hall–Kier alpha value is -2.09. The fraction of sp³-hybridized carbons (Fsp3) is 0.0714. The summed E-state index contributed by atoms with van der Waals surface area (Å²) in [7, 11) is 1.67. The summed E-state index contributed by atoms with van der Waals surface area (Å²) in [6.45, 7) is 0. The van der Waals surface area contributed by atoms with Gasteiger partial charge >= 0.3 is 0 Å². The Morgan fingerprint density at radius 2 is 1.62 bits per heavy atom. The molecule has 2 nitrogen and oxygen atoms in total. The van der Waals surface area contributed by atoms with Crippen LogP contribution in [-0.2, 0) is 0 Å². The van der Waals surface area contributed by atoms with Crippen LogP contribution in [0.15, 0.2) is 54.6 Å². The zero-order chi connectivity index (χ0) is 11.2. The number of nitrogens with one attached hydrogen (secondary N) is 1. The number of benzene rings is 2. The van der Waals surface area contributed by atoms with E-state index in [4.69, 9.17) is 4.74 Å². The van der Waals surface area contributed by atoms with E-state index in [9.17, 15) is 0 Å². The van der Waals surface area contributed by atoms with E-state index in [2.05, 4.69) is 4.99 Å². The highest BCUT2D eigenvalue weighted by molar-refractivity contribution is 5.75. The van der Waals surface area contributed by atoms with Crippen LogP contribution in [0.25, 0.3) is 0 Å². The Kier molecular flexibility index (Phi) is 3.34. The fourth-order valence-electron chi connectivity index (χ4n) is 1.40. The largest absolute Gasteiger partial charge is 0.497 e. The molecule has 2 rings (SSSR count). The van der Waals surface area contributed by atoms with Crippen molar-refractivity contribution in [2.75, 3.05) is 7.11 Å². The minimum absolute atomic E-state index is 0.872. The summed E-state index contributed by atoms with van der Waals surface area (Å²) in [6, 6.07) is 18.0. The zero-order valence-electron chi connectivity index (χ0n) is 9.18. The highest BCUT2D eigenvalue weighted by atomic mass is 16.5. The molecule has 0 aliphatic carbocycles. The van der Waals surface area contributed by atoms with Crippen molar-refractivity contribution in [1.29, 1.82) is 0 Å². The van der Waals surface area contributed by atoms with Crippen LogP contribution in [0.1, 0.15) is 5.56 Å². The van der Waals surface area contributed by atoms with Gasteiger partial charge in [0.05, 0.1) is 7.11 Å². The van der Waals surface area contributed by atoms with Gasteiger partial charge in [-0.2, -0.15) is 0 Å². The van der Waals surface area contributed by atoms with Gasteiger partial charge in [-0.1, -0.05) is 18.2 Å². The van der Waals surface area contributed by atoms with Crippen molar-refractivity contribution in [3.05, 3.63) is 60.2 Å². The normalized spacial score (nSPS) is 10.6. The van der Waals surface area contributed by atoms with E-state index in [1.54, 1.807) is 7.11 Å². The Bertz CT molecular complexity index is 460. The Labute approximate surface area is 95.2 Å². The topological polar surface area (TPSA) is 23.2 Å². The third kappa shape index (κ3) is 2.70. The second-order valence-electron chi connectivity index (χ2n) is 3.43. The molecule has 0 heterocycles. The van der Waals surface area contributed by atoms with Crippen molar-refractivity contribution >= 4 is 11.9 Å². The number of hydrogen-bond donors (Lipinski definition) is 1. The zero-order valence-corrected chi connectivity index (χ0v) is 9.18. The fourth-order valence-corrected chi connectivity index (χ4v) is 1.40. The third-order valence-corrected chi connectivity index (χ3v) is 2.30. The van der Waals surface area contributed by atoms with Gasteiger partial charge in [0.15, 0.2) is 6.21 Å². The molecule has 0 aliphatic heterocycles. The van der Waals surface area contributed by atoms with Crippen LogP contribution in [0.2, 0.25) is 0 Å². The van der Waals surface area contributed by atoms with Gasteiger partial charge in [0.2, 0.25) is 5.69 Å². The first kappa shape index (κ1) is 10.4. The predicted molar refractivity (Wildman–Crippen MR) is 65.2 cm³/mol. The van der Waals surface area contributed by atoms with Gasteiger partial charge in [0, 0.05) is 17.7 Å². The highest BCUT2D eigenvalue weighted by Crippen LogP contribution is 2.09. The van der Waals surface area contributed by atoms with E-state index in [0.29, 0.717) is 0 Å². The summed E-state index contributed by atoms with van der Waals surface area (Å²) >= 11 is 0. The summed E-state index contributed by atoms with van der Waals surface area (Å²) in [5, 5.41) is 0. The summed E-state index contributed by atoms with van der Waals surface area (Å²) < 4.78 is 5.10. The first-order valence-electron chi connectivity index (χ1n) is 5.17. The van der Waals surface area contributed by atoms with Gasteiger partial charge in [-0.3, -0.25) is 0 Å². The van der Waals surface area contributed by atoms with Crippen LogP contribution in [0.5, 0.6) is 5.75 Å². The summed E-state index contributed by atoms with van der Waals surface area (Å²) in [5.74, 6) is 0.872. The molecule has 2 heteroatoms. The summed E-state index contributed by atoms with van der Waals surface area (Å²) in [6.07, 6.45) is 1.97. The average Bonchev–Trinajstić information content (AvgIpc) is 2.38. The third-order valence-electron chi connectivity index (χ3n) is 2.30. The molecule has 2 aromatic carbocycles. The Morgan fingerprint density at radius 1 is 0.938 bits per heavy atom. The number of para-hydroxylation sites is 1. The smallest absolute Gasteiger partial charge is 0.203 e. The number of ether oxygens (including phenoxy) is 1. The van der Waals surface area contributed by atoms with Crippen molar-refractivity contribution in [3.63, 3.8) is 0 Å². The lowest BCUT2D eigenvalue weighted by Gasteiger charge is -1.97. The maximum Gasteiger partial charge on any atom is 0.203 e. The average molecular weight is 212 g/mol. The van der Waals surface area contributed by atoms with Crippen molar-refractivity contribution in [3.8, 4) is 5.75 Å². The molecule has 0 radical (unpaired) electrons. The summed E-state index contributed by atoms with van der Waals surface area (Å²) in [5.41, 5.74) is 2.20. The van der Waals surface area contributed by atoms with Crippen LogP contribution in [0.4, 0.5) is 5.69 Å². The molecular weight excluding hydrogens is 198 g/mol. The molecule has 0 saturated heterocycles. The SMILES string of the molecule is COc1ccc(C=[NH+]c2ccccc2)cc1. The maximum atomic E-state index is 5.10. The quantitative estimate of drug-likeness (QED) is 0.766. The van der Waals surface area contributed by atoms with E-state index in [1.165, 1.54) is 0 Å². The molecule has 0 saturated carbocycles. The van der Waals surface area contributed by atoms with Gasteiger partial charge < -0.3 is 4.74 Å². The van der Waals surface area contributed by atoms with Crippen LogP contribution < -0.4 is 9.73 Å². The van der Waals surface area contributed by atoms with Gasteiger partial charge in [-0.05, 0) is 24.3 Å². The molecule has 0 amide bonds. The van der Waals surface area contributed by atoms with Crippen LogP contribution in [-0.4, -0.2) is 13.3 Å². The minimum Gasteiger partial charge on any atom is -0.497 e. The molecule has 2 aromatic rings. The minimum atomic E-state index is 0.872. The standard InChI is InChI=1S/C14H13NO/c1-16-14-9-7-12(8-10-14)11-15-13-5-3-2-4-6-13/h2-11H,1H3/p+1. The van der Waals surface area contributed by atoms with E-state index >= 15 is 0 Å². The van der Waals surface area contributed by atoms with Gasteiger partial charge in [-0.15, -0.1) is 0 Å². The summed E-state index contributed by atoms with van der Waals surface area (Å²) in [4.78, 5) is 3.23. The van der Waals surface area contributed by atoms with Gasteiger partial charge in [-0.25, -0.2) is 4.99 Å². The van der Waals surface area contributed by atoms with E-state index in [-0.39, 0.29) is 0 Å². The van der Waals surface area contributed by atoms with Crippen molar-refractivity contribution < 1.29 is 9.73 Å². The molecular formula is C14H14NO+. The molecule has 0 unspecified atom stereocenters. The lowest BCUT2D eigenvalue weighted by atomic mass is 10.2. The Morgan fingerprint density at radius 3 is 2.25 bits per heavy atom. The molecule has 1 N–H and O–H groups in total. The second-order valence-corrected chi connectivity index (χ2v) is 3.43. The molecule has 0 aliphatic rings. The molecule has 0 spiro atoms. The van der Waals surface area contributed by atoms with E-state index in [0.717, 1.165) is 17.0 Å². The van der Waals surface area contributed by atoms with Crippen LogP contribution in [0, 0.1) is 0 Å². The van der Waals surface area contributed by atoms with Crippen molar-refractivity contribution in [2.24, 2.45) is 0 Å². The molecule has 80 valence electrons. The molecule has 16 heavy (non-hydrogen) atoms. The molecule has 0 aromatic heterocycles. The van der Waals surface area contributed by atoms with Crippen molar-refractivity contribution in [1.82, 2.24) is 0 Å².